The molecule has 190 valence electrons. The first kappa shape index (κ1) is 24.3. The molecule has 2 aliphatic carbocycles. The number of hydrazine groups is 1. The van der Waals surface area contributed by atoms with Gasteiger partial charge in [0, 0.05) is 29.9 Å². The van der Waals surface area contributed by atoms with Gasteiger partial charge in [-0.3, -0.25) is 0 Å². The second-order valence-electron chi connectivity index (χ2n) is 10.6. The zero-order valence-corrected chi connectivity index (χ0v) is 20.9. The molecule has 0 amide bonds. The van der Waals surface area contributed by atoms with Crippen molar-refractivity contribution in [2.75, 3.05) is 17.2 Å². The lowest BCUT2D eigenvalue weighted by Gasteiger charge is -2.34. The fourth-order valence-electron chi connectivity index (χ4n) is 5.07. The SMILES string of the molecule is CC1(CNc2ncnc3ccc(NC(/C(N)=C/N(N)C4CC4)c4ccc(F)cc4)cc23)CCCCC1. The Kier molecular flexibility index (Phi) is 6.96. The number of nitrogens with one attached hydrogen (secondary N) is 2. The van der Waals surface area contributed by atoms with Crippen molar-refractivity contribution in [1.29, 1.82) is 0 Å². The summed E-state index contributed by atoms with van der Waals surface area (Å²) < 4.78 is 13.6. The van der Waals surface area contributed by atoms with Crippen molar-refractivity contribution >= 4 is 22.4 Å². The number of hydrogen-bond donors (Lipinski definition) is 4. The summed E-state index contributed by atoms with van der Waals surface area (Å²) in [5, 5.41) is 9.76. The first-order valence-electron chi connectivity index (χ1n) is 12.9. The molecule has 0 saturated heterocycles. The van der Waals surface area contributed by atoms with Gasteiger partial charge in [-0.05, 0) is 67.0 Å². The van der Waals surface area contributed by atoms with E-state index in [9.17, 15) is 4.39 Å². The molecule has 1 atom stereocenters. The van der Waals surface area contributed by atoms with E-state index in [1.807, 2.05) is 18.2 Å². The van der Waals surface area contributed by atoms with E-state index in [-0.39, 0.29) is 17.3 Å². The monoisotopic (exact) mass is 489 g/mol. The Morgan fingerprint density at radius 2 is 1.89 bits per heavy atom. The summed E-state index contributed by atoms with van der Waals surface area (Å²) in [4.78, 5) is 9.02. The van der Waals surface area contributed by atoms with Gasteiger partial charge in [-0.15, -0.1) is 0 Å². The predicted octanol–water partition coefficient (Wildman–Crippen LogP) is 5.44. The average Bonchev–Trinajstić information content (AvgIpc) is 3.73. The van der Waals surface area contributed by atoms with Gasteiger partial charge in [-0.1, -0.05) is 38.3 Å². The van der Waals surface area contributed by atoms with Crippen LogP contribution in [0, 0.1) is 11.2 Å². The first-order valence-corrected chi connectivity index (χ1v) is 12.9. The number of fused-ring (bicyclic) bond motifs is 1. The number of anilines is 2. The number of halogens is 1. The Morgan fingerprint density at radius 1 is 1.14 bits per heavy atom. The van der Waals surface area contributed by atoms with Crippen LogP contribution < -0.4 is 22.2 Å². The lowest BCUT2D eigenvalue weighted by Crippen LogP contribution is -2.30. The van der Waals surface area contributed by atoms with E-state index in [2.05, 4.69) is 27.5 Å². The lowest BCUT2D eigenvalue weighted by molar-refractivity contribution is 0.233. The number of nitrogens with zero attached hydrogens (tertiary/aromatic N) is 3. The molecule has 3 aromatic rings. The molecule has 0 radical (unpaired) electrons. The Balaban J connectivity index is 1.41. The molecule has 7 nitrogen and oxygen atoms in total. The number of nitrogens with two attached hydrogens (primary N) is 2. The second kappa shape index (κ2) is 10.3. The third-order valence-electron chi connectivity index (χ3n) is 7.49. The minimum Gasteiger partial charge on any atom is -0.399 e. The average molecular weight is 490 g/mol. The van der Waals surface area contributed by atoms with Crippen LogP contribution in [-0.2, 0) is 0 Å². The van der Waals surface area contributed by atoms with Crippen LogP contribution in [0.1, 0.15) is 63.5 Å². The maximum Gasteiger partial charge on any atom is 0.137 e. The van der Waals surface area contributed by atoms with Crippen molar-refractivity contribution < 1.29 is 4.39 Å². The highest BCUT2D eigenvalue weighted by Crippen LogP contribution is 2.36. The number of aromatic nitrogens is 2. The summed E-state index contributed by atoms with van der Waals surface area (Å²) in [7, 11) is 0. The van der Waals surface area contributed by atoms with Crippen LogP contribution in [0.4, 0.5) is 15.9 Å². The molecule has 2 aromatic carbocycles. The van der Waals surface area contributed by atoms with Gasteiger partial charge in [0.15, 0.2) is 0 Å². The quantitative estimate of drug-likeness (QED) is 0.234. The van der Waals surface area contributed by atoms with E-state index in [1.165, 1.54) is 44.2 Å². The van der Waals surface area contributed by atoms with Gasteiger partial charge in [-0.2, -0.15) is 0 Å². The van der Waals surface area contributed by atoms with Gasteiger partial charge >= 0.3 is 0 Å². The van der Waals surface area contributed by atoms with Crippen molar-refractivity contribution in [3.63, 3.8) is 0 Å². The summed E-state index contributed by atoms with van der Waals surface area (Å²) in [5.74, 6) is 6.72. The van der Waals surface area contributed by atoms with Gasteiger partial charge in [0.25, 0.3) is 0 Å². The number of hydrogen-bond acceptors (Lipinski definition) is 7. The van der Waals surface area contributed by atoms with Gasteiger partial charge in [0.2, 0.25) is 0 Å². The van der Waals surface area contributed by atoms with Gasteiger partial charge in [-0.25, -0.2) is 20.2 Å². The van der Waals surface area contributed by atoms with Crippen LogP contribution in [0.2, 0.25) is 0 Å². The predicted molar refractivity (Wildman–Crippen MR) is 143 cm³/mol. The Labute approximate surface area is 212 Å². The van der Waals surface area contributed by atoms with Crippen molar-refractivity contribution in [1.82, 2.24) is 15.0 Å². The van der Waals surface area contributed by atoms with E-state index in [1.54, 1.807) is 29.7 Å². The topological polar surface area (TPSA) is 105 Å². The minimum atomic E-state index is -0.380. The molecule has 2 saturated carbocycles. The number of rotatable bonds is 9. The number of benzene rings is 2. The van der Waals surface area contributed by atoms with Gasteiger partial charge < -0.3 is 21.4 Å². The molecule has 1 heterocycles. The van der Waals surface area contributed by atoms with Crippen LogP contribution in [0.25, 0.3) is 10.9 Å². The first-order chi connectivity index (χ1) is 17.4. The molecule has 2 fully saturated rings. The smallest absolute Gasteiger partial charge is 0.137 e. The van der Waals surface area contributed by atoms with Crippen LogP contribution >= 0.6 is 0 Å². The second-order valence-corrected chi connectivity index (χ2v) is 10.6. The molecule has 8 heteroatoms. The van der Waals surface area contributed by atoms with Crippen LogP contribution in [0.15, 0.2) is 60.7 Å². The largest absolute Gasteiger partial charge is 0.399 e. The van der Waals surface area contributed by atoms with Gasteiger partial charge in [0.1, 0.15) is 18.0 Å². The summed E-state index contributed by atoms with van der Waals surface area (Å²) in [6.45, 7) is 3.25. The molecule has 5 rings (SSSR count). The highest BCUT2D eigenvalue weighted by Gasteiger charge is 2.28. The van der Waals surface area contributed by atoms with Gasteiger partial charge in [0.05, 0.1) is 17.3 Å². The fourth-order valence-corrected chi connectivity index (χ4v) is 5.07. The molecule has 1 aromatic heterocycles. The van der Waals surface area contributed by atoms with E-state index in [4.69, 9.17) is 11.6 Å². The molecule has 36 heavy (non-hydrogen) atoms. The van der Waals surface area contributed by atoms with E-state index < -0.39 is 0 Å². The van der Waals surface area contributed by atoms with Crippen molar-refractivity contribution in [3.05, 3.63) is 72.1 Å². The van der Waals surface area contributed by atoms with E-state index >= 15 is 0 Å². The normalized spacial score (nSPS) is 18.6. The third kappa shape index (κ3) is 5.70. The molecule has 0 aliphatic heterocycles. The lowest BCUT2D eigenvalue weighted by atomic mass is 9.76. The van der Waals surface area contributed by atoms with Crippen LogP contribution in [-0.4, -0.2) is 27.6 Å². The third-order valence-corrected chi connectivity index (χ3v) is 7.49. The molecule has 0 spiro atoms. The van der Waals surface area contributed by atoms with Crippen molar-refractivity contribution in [2.45, 2.75) is 64.0 Å². The molecule has 0 bridgehead atoms. The summed E-state index contributed by atoms with van der Waals surface area (Å²) in [6.07, 6.45) is 11.9. The summed E-state index contributed by atoms with van der Waals surface area (Å²) >= 11 is 0. The summed E-state index contributed by atoms with van der Waals surface area (Å²) in [6, 6.07) is 12.3. The van der Waals surface area contributed by atoms with Crippen molar-refractivity contribution in [2.24, 2.45) is 17.0 Å². The summed E-state index contributed by atoms with van der Waals surface area (Å²) in [5.41, 5.74) is 9.97. The molecule has 2 aliphatic rings. The Morgan fingerprint density at radius 3 is 2.61 bits per heavy atom. The molecular weight excluding hydrogens is 453 g/mol. The molecule has 1 unspecified atom stereocenters. The van der Waals surface area contributed by atoms with E-state index in [0.29, 0.717) is 11.7 Å². The van der Waals surface area contributed by atoms with Crippen LogP contribution in [0.5, 0.6) is 0 Å². The maximum atomic E-state index is 13.6. The highest BCUT2D eigenvalue weighted by molar-refractivity contribution is 5.91. The highest BCUT2D eigenvalue weighted by atomic mass is 19.1. The van der Waals surface area contributed by atoms with Crippen LogP contribution in [0.3, 0.4) is 0 Å². The fraction of sp³-hybridized carbons (Fsp3) is 0.429. The van der Waals surface area contributed by atoms with E-state index in [0.717, 1.165) is 47.4 Å². The Hall–Kier alpha value is -3.39. The zero-order valence-electron chi connectivity index (χ0n) is 20.9. The molecular formula is C28H36FN7. The minimum absolute atomic E-state index is 0.286. The molecule has 6 N–H and O–H groups in total. The standard InChI is InChI=1S/C28H36FN7/c1-28(13-3-2-4-14-28)17-32-27-23-15-21(9-12-25(23)33-18-34-27)35-26(19-5-7-20(29)8-6-19)24(30)16-36(31)22-10-11-22/h5-9,12,15-16,18,22,26,35H,2-4,10-11,13-14,17,30-31H2,1H3,(H,32,33,34)/b24-16-. The van der Waals surface area contributed by atoms with Crippen molar-refractivity contribution in [3.8, 4) is 0 Å². The zero-order chi connectivity index (χ0) is 25.1. The maximum absolute atomic E-state index is 13.6. The Bertz CT molecular complexity index is 1220.